The van der Waals surface area contributed by atoms with Crippen LogP contribution in [-0.4, -0.2) is 46.7 Å². The molecule has 4 rings (SSSR count). The summed E-state index contributed by atoms with van der Waals surface area (Å²) in [6.45, 7) is 10.5. The van der Waals surface area contributed by atoms with Crippen molar-refractivity contribution in [2.24, 2.45) is 11.3 Å². The summed E-state index contributed by atoms with van der Waals surface area (Å²) in [5.74, 6) is 0.159. The fourth-order valence-electron chi connectivity index (χ4n) is 7.11. The average molecular weight is 499 g/mol. The topological polar surface area (TPSA) is 76.0 Å². The molecule has 0 heterocycles. The number of esters is 1. The Kier molecular flexibility index (Phi) is 8.63. The SMILES string of the molecule is C=C1C(=CC=C2CCC[C@]3(C)C([C@H](C)OCC(=O)OC4(C)CCCCCC4)=CC[C@@H]23)C[C@@H](O)C[C@@H]1O. The molecule has 4 aliphatic carbocycles. The summed E-state index contributed by atoms with van der Waals surface area (Å²) in [4.78, 5) is 12.6. The van der Waals surface area contributed by atoms with Gasteiger partial charge in [-0.3, -0.25) is 0 Å². The van der Waals surface area contributed by atoms with E-state index in [1.54, 1.807) is 0 Å². The van der Waals surface area contributed by atoms with E-state index >= 15 is 0 Å². The van der Waals surface area contributed by atoms with Gasteiger partial charge in [-0.05, 0) is 99.7 Å². The van der Waals surface area contributed by atoms with Gasteiger partial charge in [-0.1, -0.05) is 50.1 Å². The van der Waals surface area contributed by atoms with Crippen molar-refractivity contribution in [1.82, 2.24) is 0 Å². The van der Waals surface area contributed by atoms with Gasteiger partial charge in [0.25, 0.3) is 0 Å². The summed E-state index contributed by atoms with van der Waals surface area (Å²) >= 11 is 0. The molecule has 5 atom stereocenters. The van der Waals surface area contributed by atoms with Crippen molar-refractivity contribution in [3.8, 4) is 0 Å². The van der Waals surface area contributed by atoms with Crippen molar-refractivity contribution in [2.45, 2.75) is 122 Å². The van der Waals surface area contributed by atoms with Gasteiger partial charge in [0.05, 0.1) is 18.3 Å². The molecule has 4 aliphatic rings. The van der Waals surface area contributed by atoms with Gasteiger partial charge in [0.15, 0.2) is 0 Å². The molecule has 5 heteroatoms. The quantitative estimate of drug-likeness (QED) is 0.263. The van der Waals surface area contributed by atoms with Crippen LogP contribution in [0.3, 0.4) is 0 Å². The zero-order valence-electron chi connectivity index (χ0n) is 22.6. The standard InChI is InChI=1S/C31H46O5/c1-21-24(18-25(32)19-28(21)33)12-11-23-10-9-17-31(4)26(13-14-27(23)31)22(2)35-20-29(34)36-30(3)15-7-5-6-8-16-30/h11-13,22,25,27-28,32-33H,1,5-10,14-20H2,2-4H3/t22-,25+,27-,28-,31+/m0/s1. The third kappa shape index (κ3) is 6.06. The van der Waals surface area contributed by atoms with Gasteiger partial charge in [-0.25, -0.2) is 4.79 Å². The van der Waals surface area contributed by atoms with E-state index in [2.05, 4.69) is 45.6 Å². The van der Waals surface area contributed by atoms with Gasteiger partial charge in [-0.2, -0.15) is 0 Å². The molecule has 0 aromatic carbocycles. The molecule has 0 spiro atoms. The average Bonchev–Trinajstić information content (AvgIpc) is 3.04. The molecule has 3 fully saturated rings. The number of aliphatic hydroxyl groups excluding tert-OH is 2. The third-order valence-corrected chi connectivity index (χ3v) is 9.29. The van der Waals surface area contributed by atoms with Crippen LogP contribution in [0.1, 0.15) is 97.8 Å². The van der Waals surface area contributed by atoms with Crippen molar-refractivity contribution in [1.29, 1.82) is 0 Å². The number of allylic oxidation sites excluding steroid dienone is 4. The Bertz CT molecular complexity index is 919. The molecular weight excluding hydrogens is 452 g/mol. The molecule has 5 nitrogen and oxygen atoms in total. The number of hydrogen-bond acceptors (Lipinski definition) is 5. The van der Waals surface area contributed by atoms with Crippen LogP contribution in [0.2, 0.25) is 0 Å². The molecule has 0 aliphatic heterocycles. The molecular formula is C31H46O5. The van der Waals surface area contributed by atoms with E-state index in [-0.39, 0.29) is 29.7 Å². The zero-order valence-corrected chi connectivity index (χ0v) is 22.6. The van der Waals surface area contributed by atoms with E-state index < -0.39 is 12.2 Å². The third-order valence-electron chi connectivity index (χ3n) is 9.29. The molecule has 200 valence electrons. The Morgan fingerprint density at radius 3 is 2.58 bits per heavy atom. The van der Waals surface area contributed by atoms with Crippen molar-refractivity contribution < 1.29 is 24.5 Å². The minimum atomic E-state index is -0.662. The van der Waals surface area contributed by atoms with Gasteiger partial charge < -0.3 is 19.7 Å². The lowest BCUT2D eigenvalue weighted by Crippen LogP contribution is -2.36. The predicted octanol–water partition coefficient (Wildman–Crippen LogP) is 6.11. The smallest absolute Gasteiger partial charge is 0.332 e. The summed E-state index contributed by atoms with van der Waals surface area (Å²) in [6.07, 6.45) is 17.0. The first-order chi connectivity index (χ1) is 17.1. The lowest BCUT2D eigenvalue weighted by molar-refractivity contribution is -0.166. The minimum absolute atomic E-state index is 0.00357. The van der Waals surface area contributed by atoms with Crippen LogP contribution in [0.4, 0.5) is 0 Å². The maximum atomic E-state index is 12.6. The number of ether oxygens (including phenoxy) is 2. The summed E-state index contributed by atoms with van der Waals surface area (Å²) in [6, 6.07) is 0. The number of fused-ring (bicyclic) bond motifs is 1. The highest BCUT2D eigenvalue weighted by Crippen LogP contribution is 2.55. The maximum absolute atomic E-state index is 12.6. The number of hydrogen-bond donors (Lipinski definition) is 2. The maximum Gasteiger partial charge on any atom is 0.332 e. The van der Waals surface area contributed by atoms with Gasteiger partial charge in [0, 0.05) is 6.42 Å². The van der Waals surface area contributed by atoms with Crippen molar-refractivity contribution >= 4 is 5.97 Å². The van der Waals surface area contributed by atoms with E-state index in [0.29, 0.717) is 18.8 Å². The molecule has 0 unspecified atom stereocenters. The fourth-order valence-corrected chi connectivity index (χ4v) is 7.11. The summed E-state index contributed by atoms with van der Waals surface area (Å²) in [7, 11) is 0. The summed E-state index contributed by atoms with van der Waals surface area (Å²) in [5.41, 5.74) is 4.06. The Morgan fingerprint density at radius 2 is 1.86 bits per heavy atom. The van der Waals surface area contributed by atoms with Gasteiger partial charge in [0.2, 0.25) is 0 Å². The summed E-state index contributed by atoms with van der Waals surface area (Å²) < 4.78 is 12.0. The molecule has 0 aromatic rings. The van der Waals surface area contributed by atoms with Crippen LogP contribution < -0.4 is 0 Å². The van der Waals surface area contributed by atoms with Crippen LogP contribution in [-0.2, 0) is 14.3 Å². The molecule has 3 saturated carbocycles. The van der Waals surface area contributed by atoms with Crippen molar-refractivity contribution in [3.63, 3.8) is 0 Å². The normalized spacial score (nSPS) is 35.8. The second-order valence-corrected chi connectivity index (χ2v) is 12.1. The second kappa shape index (κ2) is 11.4. The van der Waals surface area contributed by atoms with Crippen LogP contribution >= 0.6 is 0 Å². The number of aliphatic hydroxyl groups is 2. The first-order valence-electron chi connectivity index (χ1n) is 14.1. The van der Waals surface area contributed by atoms with E-state index in [0.717, 1.165) is 62.5 Å². The first-order valence-corrected chi connectivity index (χ1v) is 14.1. The van der Waals surface area contributed by atoms with Gasteiger partial charge in [0.1, 0.15) is 12.2 Å². The van der Waals surface area contributed by atoms with Crippen LogP contribution in [0, 0.1) is 11.3 Å². The van der Waals surface area contributed by atoms with E-state index in [1.165, 1.54) is 24.0 Å². The molecule has 36 heavy (non-hydrogen) atoms. The Balaban J connectivity index is 1.37. The number of carbonyl (C=O) groups excluding carboxylic acids is 1. The first kappa shape index (κ1) is 27.3. The highest BCUT2D eigenvalue weighted by Gasteiger charge is 2.46. The van der Waals surface area contributed by atoms with Gasteiger partial charge in [-0.15, -0.1) is 0 Å². The van der Waals surface area contributed by atoms with Crippen LogP contribution in [0.5, 0.6) is 0 Å². The predicted molar refractivity (Wildman–Crippen MR) is 142 cm³/mol. The van der Waals surface area contributed by atoms with Crippen molar-refractivity contribution in [2.75, 3.05) is 6.61 Å². The largest absolute Gasteiger partial charge is 0.458 e. The van der Waals surface area contributed by atoms with E-state index in [9.17, 15) is 15.0 Å². The summed E-state index contributed by atoms with van der Waals surface area (Å²) in [5, 5.41) is 20.3. The second-order valence-electron chi connectivity index (χ2n) is 12.1. The van der Waals surface area contributed by atoms with E-state index in [4.69, 9.17) is 9.47 Å². The van der Waals surface area contributed by atoms with Crippen molar-refractivity contribution in [3.05, 3.63) is 47.1 Å². The molecule has 0 amide bonds. The Hall–Kier alpha value is -1.69. The van der Waals surface area contributed by atoms with Crippen LogP contribution in [0.15, 0.2) is 47.1 Å². The molecule has 0 radical (unpaired) electrons. The van der Waals surface area contributed by atoms with Gasteiger partial charge >= 0.3 is 5.97 Å². The molecule has 0 aromatic heterocycles. The lowest BCUT2D eigenvalue weighted by atomic mass is 9.63. The van der Waals surface area contributed by atoms with Crippen LogP contribution in [0.25, 0.3) is 0 Å². The monoisotopic (exact) mass is 498 g/mol. The minimum Gasteiger partial charge on any atom is -0.458 e. The number of rotatable bonds is 6. The Labute approximate surface area is 217 Å². The lowest BCUT2D eigenvalue weighted by Gasteiger charge is -2.42. The van der Waals surface area contributed by atoms with E-state index in [1.807, 2.05) is 0 Å². The zero-order chi connectivity index (χ0) is 25.9. The molecule has 2 N–H and O–H groups in total. The highest BCUT2D eigenvalue weighted by molar-refractivity contribution is 5.71. The molecule has 0 saturated heterocycles. The molecule has 0 bridgehead atoms. The highest BCUT2D eigenvalue weighted by atomic mass is 16.6. The Morgan fingerprint density at radius 1 is 1.14 bits per heavy atom. The fraction of sp³-hybridized carbons (Fsp3) is 0.710. The number of carbonyl (C=O) groups is 1.